The van der Waals surface area contributed by atoms with Crippen LogP contribution in [0.5, 0.6) is 0 Å². The van der Waals surface area contributed by atoms with Gasteiger partial charge in [0.25, 0.3) is 0 Å². The van der Waals surface area contributed by atoms with E-state index in [2.05, 4.69) is 5.32 Å². The minimum Gasteiger partial charge on any atom is -0.480 e. The monoisotopic (exact) mass is 293 g/mol. The Labute approximate surface area is 122 Å². The predicted octanol–water partition coefficient (Wildman–Crippen LogP) is -0.233. The highest BCUT2D eigenvalue weighted by molar-refractivity contribution is 5.89. The summed E-state index contributed by atoms with van der Waals surface area (Å²) in [7, 11) is 0. The van der Waals surface area contributed by atoms with Gasteiger partial charge in [-0.25, -0.2) is 4.79 Å². The van der Waals surface area contributed by atoms with Crippen molar-refractivity contribution >= 4 is 17.8 Å². The fourth-order valence-electron chi connectivity index (χ4n) is 1.83. The third-order valence-corrected chi connectivity index (χ3v) is 3.16. The molecule has 0 heterocycles. The lowest BCUT2D eigenvalue weighted by molar-refractivity contribution is -0.144. The lowest BCUT2D eigenvalue weighted by Crippen LogP contribution is -2.46. The number of aliphatic carboxylic acids is 1. The van der Waals surface area contributed by atoms with Crippen LogP contribution in [0.15, 0.2) is 30.3 Å². The first-order valence-electron chi connectivity index (χ1n) is 6.45. The molecule has 0 aromatic heterocycles. The first-order valence-corrected chi connectivity index (χ1v) is 6.45. The molecule has 3 unspecified atom stereocenters. The number of carbonyl (C=O) groups is 3. The van der Waals surface area contributed by atoms with Crippen molar-refractivity contribution in [1.29, 1.82) is 0 Å². The largest absolute Gasteiger partial charge is 0.480 e. The van der Waals surface area contributed by atoms with E-state index in [9.17, 15) is 14.4 Å². The Bertz CT molecular complexity index is 518. The third-order valence-electron chi connectivity index (χ3n) is 3.16. The number of nitrogens with two attached hydrogens (primary N) is 2. The second-order valence-corrected chi connectivity index (χ2v) is 4.79. The molecule has 7 nitrogen and oxygen atoms in total. The zero-order valence-corrected chi connectivity index (χ0v) is 11.7. The molecule has 0 aliphatic carbocycles. The first kappa shape index (κ1) is 16.6. The molecule has 0 radical (unpaired) electrons. The maximum absolute atomic E-state index is 12.0. The van der Waals surface area contributed by atoms with Gasteiger partial charge in [0.15, 0.2) is 0 Å². The van der Waals surface area contributed by atoms with Crippen LogP contribution in [-0.4, -0.2) is 28.9 Å². The topological polar surface area (TPSA) is 136 Å². The number of carboxylic acid groups (broad SMARTS) is 1. The van der Waals surface area contributed by atoms with E-state index >= 15 is 0 Å². The smallest absolute Gasteiger partial charge is 0.326 e. The lowest BCUT2D eigenvalue weighted by Gasteiger charge is -2.22. The van der Waals surface area contributed by atoms with E-state index in [-0.39, 0.29) is 0 Å². The number of hydrogen-bond donors (Lipinski definition) is 4. The van der Waals surface area contributed by atoms with Gasteiger partial charge in [-0.2, -0.15) is 0 Å². The van der Waals surface area contributed by atoms with E-state index < -0.39 is 42.2 Å². The first-order chi connectivity index (χ1) is 9.82. The Morgan fingerprint density at radius 2 is 1.81 bits per heavy atom. The average Bonchev–Trinajstić information content (AvgIpc) is 2.45. The summed E-state index contributed by atoms with van der Waals surface area (Å²) in [4.78, 5) is 33.8. The van der Waals surface area contributed by atoms with Crippen LogP contribution in [0, 0.1) is 5.92 Å². The standard InChI is InChI=1S/C14H19N3O4/c1-8(12(16)9-5-3-2-4-6-9)13(19)17-10(14(20)21)7-11(15)18/h2-6,8,10,12H,7,16H2,1H3,(H2,15,18)(H,17,19)(H,20,21). The number of primary amides is 1. The average molecular weight is 293 g/mol. The number of carbonyl (C=O) groups excluding carboxylic acids is 2. The van der Waals surface area contributed by atoms with Gasteiger partial charge in [-0.05, 0) is 5.56 Å². The van der Waals surface area contributed by atoms with Crippen LogP contribution in [0.25, 0.3) is 0 Å². The molecule has 0 saturated carbocycles. The quantitative estimate of drug-likeness (QED) is 0.550. The molecule has 3 atom stereocenters. The van der Waals surface area contributed by atoms with Crippen molar-refractivity contribution in [3.63, 3.8) is 0 Å². The van der Waals surface area contributed by atoms with Crippen LogP contribution < -0.4 is 16.8 Å². The lowest BCUT2D eigenvalue weighted by atomic mass is 9.94. The van der Waals surface area contributed by atoms with Crippen LogP contribution in [0.4, 0.5) is 0 Å². The van der Waals surface area contributed by atoms with Gasteiger partial charge in [-0.15, -0.1) is 0 Å². The van der Waals surface area contributed by atoms with Crippen LogP contribution in [0.2, 0.25) is 0 Å². The maximum atomic E-state index is 12.0. The van der Waals surface area contributed by atoms with E-state index in [1.165, 1.54) is 0 Å². The molecule has 2 amide bonds. The molecule has 114 valence electrons. The van der Waals surface area contributed by atoms with Crippen molar-refractivity contribution in [2.75, 3.05) is 0 Å². The Morgan fingerprint density at radius 1 is 1.24 bits per heavy atom. The van der Waals surface area contributed by atoms with Gasteiger partial charge in [-0.1, -0.05) is 37.3 Å². The highest BCUT2D eigenvalue weighted by Gasteiger charge is 2.27. The second-order valence-electron chi connectivity index (χ2n) is 4.79. The molecule has 1 rings (SSSR count). The molecule has 0 aliphatic heterocycles. The van der Waals surface area contributed by atoms with E-state index in [0.717, 1.165) is 5.56 Å². The zero-order valence-electron chi connectivity index (χ0n) is 11.7. The van der Waals surface area contributed by atoms with Crippen LogP contribution in [0.1, 0.15) is 24.9 Å². The number of benzene rings is 1. The van der Waals surface area contributed by atoms with Gasteiger partial charge in [-0.3, -0.25) is 9.59 Å². The fourth-order valence-corrected chi connectivity index (χ4v) is 1.83. The summed E-state index contributed by atoms with van der Waals surface area (Å²) in [5.41, 5.74) is 11.7. The normalized spacial score (nSPS) is 14.8. The third kappa shape index (κ3) is 4.88. The van der Waals surface area contributed by atoms with E-state index in [0.29, 0.717) is 0 Å². The molecular formula is C14H19N3O4. The summed E-state index contributed by atoms with van der Waals surface area (Å²) in [6, 6.07) is 7.07. The Hall–Kier alpha value is -2.41. The highest BCUT2D eigenvalue weighted by atomic mass is 16.4. The summed E-state index contributed by atoms with van der Waals surface area (Å²) in [6.07, 6.45) is -0.464. The molecule has 0 aliphatic rings. The summed E-state index contributed by atoms with van der Waals surface area (Å²) < 4.78 is 0. The fraction of sp³-hybridized carbons (Fsp3) is 0.357. The van der Waals surface area contributed by atoms with Crippen molar-refractivity contribution in [2.24, 2.45) is 17.4 Å². The minimum atomic E-state index is -1.35. The van der Waals surface area contributed by atoms with Crippen molar-refractivity contribution in [2.45, 2.75) is 25.4 Å². The number of nitrogens with one attached hydrogen (secondary N) is 1. The van der Waals surface area contributed by atoms with Gasteiger partial charge in [0.1, 0.15) is 6.04 Å². The molecule has 6 N–H and O–H groups in total. The second kappa shape index (κ2) is 7.39. The van der Waals surface area contributed by atoms with Crippen molar-refractivity contribution in [3.8, 4) is 0 Å². The van der Waals surface area contributed by atoms with Crippen molar-refractivity contribution < 1.29 is 19.5 Å². The summed E-state index contributed by atoms with van der Waals surface area (Å²) in [5.74, 6) is -3.31. The molecule has 0 saturated heterocycles. The van der Waals surface area contributed by atoms with Gasteiger partial charge >= 0.3 is 5.97 Å². The van der Waals surface area contributed by atoms with E-state index in [1.807, 2.05) is 6.07 Å². The molecule has 21 heavy (non-hydrogen) atoms. The molecular weight excluding hydrogens is 274 g/mol. The Balaban J connectivity index is 2.73. The molecule has 1 aromatic rings. The summed E-state index contributed by atoms with van der Waals surface area (Å²) >= 11 is 0. The SMILES string of the molecule is CC(C(=O)NC(CC(N)=O)C(=O)O)C(N)c1ccccc1. The molecule has 0 bridgehead atoms. The van der Waals surface area contributed by atoms with E-state index in [1.54, 1.807) is 31.2 Å². The van der Waals surface area contributed by atoms with Crippen LogP contribution in [-0.2, 0) is 14.4 Å². The Morgan fingerprint density at radius 3 is 2.29 bits per heavy atom. The van der Waals surface area contributed by atoms with Crippen molar-refractivity contribution in [1.82, 2.24) is 5.32 Å². The number of hydrogen-bond acceptors (Lipinski definition) is 4. The van der Waals surface area contributed by atoms with Gasteiger partial charge in [0, 0.05) is 6.04 Å². The molecule has 7 heteroatoms. The number of carboxylic acids is 1. The molecule has 1 aromatic carbocycles. The Kier molecular flexibility index (Phi) is 5.86. The minimum absolute atomic E-state index is 0.464. The molecule has 0 spiro atoms. The highest BCUT2D eigenvalue weighted by Crippen LogP contribution is 2.19. The zero-order chi connectivity index (χ0) is 16.0. The van der Waals surface area contributed by atoms with Crippen LogP contribution in [0.3, 0.4) is 0 Å². The van der Waals surface area contributed by atoms with E-state index in [4.69, 9.17) is 16.6 Å². The number of rotatable bonds is 7. The van der Waals surface area contributed by atoms with Crippen LogP contribution >= 0.6 is 0 Å². The number of amides is 2. The maximum Gasteiger partial charge on any atom is 0.326 e. The molecule has 0 fully saturated rings. The van der Waals surface area contributed by atoms with Crippen molar-refractivity contribution in [3.05, 3.63) is 35.9 Å². The summed E-state index contributed by atoms with van der Waals surface area (Å²) in [6.45, 7) is 1.59. The van der Waals surface area contributed by atoms with Gasteiger partial charge in [0.2, 0.25) is 11.8 Å². The van der Waals surface area contributed by atoms with Gasteiger partial charge in [0.05, 0.1) is 12.3 Å². The van der Waals surface area contributed by atoms with Gasteiger partial charge < -0.3 is 21.9 Å². The summed E-state index contributed by atoms with van der Waals surface area (Å²) in [5, 5.41) is 11.2. The predicted molar refractivity (Wildman–Crippen MR) is 75.9 cm³/mol.